The van der Waals surface area contributed by atoms with Gasteiger partial charge in [-0.25, -0.2) is 9.78 Å². The van der Waals surface area contributed by atoms with Crippen LogP contribution in [0.15, 0.2) is 12.1 Å². The molecule has 2 rings (SSSR count). The van der Waals surface area contributed by atoms with Crippen molar-refractivity contribution in [3.63, 3.8) is 0 Å². The zero-order valence-electron chi connectivity index (χ0n) is 9.45. The molecule has 1 aromatic rings. The molecular weight excluding hydrogens is 240 g/mol. The Kier molecular flexibility index (Phi) is 3.84. The number of nitrogens with one attached hydrogen (secondary N) is 1. The van der Waals surface area contributed by atoms with Crippen molar-refractivity contribution >= 4 is 23.4 Å². The summed E-state index contributed by atoms with van der Waals surface area (Å²) in [7, 11) is 0. The van der Waals surface area contributed by atoms with E-state index in [9.17, 15) is 4.79 Å². The number of hydrogen-bond acceptors (Lipinski definition) is 3. The lowest BCUT2D eigenvalue weighted by atomic mass is 9.83. The van der Waals surface area contributed by atoms with Crippen LogP contribution >= 0.6 is 11.6 Å². The van der Waals surface area contributed by atoms with Crippen molar-refractivity contribution in [2.45, 2.75) is 25.7 Å². The van der Waals surface area contributed by atoms with Crippen molar-refractivity contribution in [1.82, 2.24) is 4.98 Å². The lowest BCUT2D eigenvalue weighted by Gasteiger charge is -2.25. The number of carboxylic acids is 1. The minimum absolute atomic E-state index is 0.0969. The Labute approximate surface area is 105 Å². The van der Waals surface area contributed by atoms with Gasteiger partial charge in [0.15, 0.2) is 5.69 Å². The summed E-state index contributed by atoms with van der Waals surface area (Å²) in [6.07, 6.45) is 5.09. The molecule has 0 radical (unpaired) electrons. The van der Waals surface area contributed by atoms with Crippen LogP contribution in [0.2, 0.25) is 5.02 Å². The molecule has 1 aromatic heterocycles. The van der Waals surface area contributed by atoms with Gasteiger partial charge in [-0.2, -0.15) is 0 Å². The summed E-state index contributed by atoms with van der Waals surface area (Å²) >= 11 is 5.74. The van der Waals surface area contributed by atoms with Crippen LogP contribution in [0.3, 0.4) is 0 Å². The molecule has 0 amide bonds. The fourth-order valence-electron chi connectivity index (χ4n) is 1.88. The SMILES string of the molecule is O=C(O)c1nc(NCCC2CCC2)ccc1Cl. The number of anilines is 1. The van der Waals surface area contributed by atoms with E-state index in [1.807, 2.05) is 0 Å². The Hall–Kier alpha value is -1.29. The number of carboxylic acid groups (broad SMARTS) is 1. The standard InChI is InChI=1S/C12H15ClN2O2/c13-9-4-5-10(15-11(9)12(16)17)14-7-6-8-2-1-3-8/h4-5,8H,1-3,6-7H2,(H,14,15)(H,16,17). The van der Waals surface area contributed by atoms with Crippen molar-refractivity contribution in [2.75, 3.05) is 11.9 Å². The molecule has 0 aliphatic heterocycles. The number of halogens is 1. The molecule has 0 spiro atoms. The molecule has 1 heterocycles. The molecule has 0 aromatic carbocycles. The first-order valence-electron chi connectivity index (χ1n) is 5.80. The minimum Gasteiger partial charge on any atom is -0.476 e. The van der Waals surface area contributed by atoms with Crippen molar-refractivity contribution < 1.29 is 9.90 Å². The third-order valence-corrected chi connectivity index (χ3v) is 3.44. The molecule has 0 saturated heterocycles. The fourth-order valence-corrected chi connectivity index (χ4v) is 2.06. The maximum atomic E-state index is 10.8. The smallest absolute Gasteiger partial charge is 0.356 e. The van der Waals surface area contributed by atoms with Gasteiger partial charge < -0.3 is 10.4 Å². The van der Waals surface area contributed by atoms with E-state index in [1.54, 1.807) is 12.1 Å². The maximum absolute atomic E-state index is 10.8. The summed E-state index contributed by atoms with van der Waals surface area (Å²) in [5.74, 6) is 0.303. The molecule has 0 unspecified atom stereocenters. The zero-order chi connectivity index (χ0) is 12.3. The second-order valence-electron chi connectivity index (χ2n) is 4.34. The van der Waals surface area contributed by atoms with E-state index < -0.39 is 5.97 Å². The quantitative estimate of drug-likeness (QED) is 0.848. The van der Waals surface area contributed by atoms with Crippen LogP contribution in [0.4, 0.5) is 5.82 Å². The summed E-state index contributed by atoms with van der Waals surface area (Å²) in [5.41, 5.74) is -0.0969. The summed E-state index contributed by atoms with van der Waals surface area (Å²) < 4.78 is 0. The lowest BCUT2D eigenvalue weighted by molar-refractivity contribution is 0.0691. The first-order valence-corrected chi connectivity index (χ1v) is 6.18. The van der Waals surface area contributed by atoms with Gasteiger partial charge in [0.05, 0.1) is 5.02 Å². The van der Waals surface area contributed by atoms with Crippen LogP contribution in [-0.2, 0) is 0 Å². The second-order valence-corrected chi connectivity index (χ2v) is 4.75. The number of pyridine rings is 1. The number of nitrogens with zero attached hydrogens (tertiary/aromatic N) is 1. The summed E-state index contributed by atoms with van der Waals surface area (Å²) in [6, 6.07) is 3.26. The minimum atomic E-state index is -1.10. The van der Waals surface area contributed by atoms with Crippen molar-refractivity contribution in [3.05, 3.63) is 22.8 Å². The number of aromatic carboxylic acids is 1. The van der Waals surface area contributed by atoms with Gasteiger partial charge in [0.25, 0.3) is 0 Å². The number of hydrogen-bond donors (Lipinski definition) is 2. The Morgan fingerprint density at radius 1 is 1.53 bits per heavy atom. The average molecular weight is 255 g/mol. The van der Waals surface area contributed by atoms with E-state index in [1.165, 1.54) is 19.3 Å². The maximum Gasteiger partial charge on any atom is 0.356 e. The van der Waals surface area contributed by atoms with Crippen LogP contribution < -0.4 is 5.32 Å². The van der Waals surface area contributed by atoms with E-state index in [0.29, 0.717) is 5.82 Å². The van der Waals surface area contributed by atoms with Crippen LogP contribution in [0, 0.1) is 5.92 Å². The van der Waals surface area contributed by atoms with E-state index in [4.69, 9.17) is 16.7 Å². The van der Waals surface area contributed by atoms with Crippen LogP contribution in [-0.4, -0.2) is 22.6 Å². The van der Waals surface area contributed by atoms with Crippen molar-refractivity contribution in [3.8, 4) is 0 Å². The Bertz CT molecular complexity index is 419. The molecule has 5 heteroatoms. The van der Waals surface area contributed by atoms with Gasteiger partial charge in [-0.1, -0.05) is 30.9 Å². The fraction of sp³-hybridized carbons (Fsp3) is 0.500. The molecule has 17 heavy (non-hydrogen) atoms. The first-order chi connectivity index (χ1) is 8.16. The van der Waals surface area contributed by atoms with E-state index in [0.717, 1.165) is 18.9 Å². The molecule has 2 N–H and O–H groups in total. The summed E-state index contributed by atoms with van der Waals surface area (Å²) in [5, 5.41) is 12.2. The molecule has 1 aliphatic rings. The van der Waals surface area contributed by atoms with Gasteiger partial charge in [0.1, 0.15) is 5.82 Å². The van der Waals surface area contributed by atoms with Gasteiger partial charge >= 0.3 is 5.97 Å². The number of aromatic nitrogens is 1. The lowest BCUT2D eigenvalue weighted by Crippen LogP contribution is -2.16. The highest BCUT2D eigenvalue weighted by atomic mass is 35.5. The monoisotopic (exact) mass is 254 g/mol. The molecule has 0 bridgehead atoms. The zero-order valence-corrected chi connectivity index (χ0v) is 10.2. The molecule has 4 nitrogen and oxygen atoms in total. The molecule has 1 saturated carbocycles. The molecule has 0 atom stereocenters. The van der Waals surface area contributed by atoms with Crippen LogP contribution in [0.25, 0.3) is 0 Å². The third kappa shape index (κ3) is 3.09. The Morgan fingerprint density at radius 2 is 2.29 bits per heavy atom. The van der Waals surface area contributed by atoms with Gasteiger partial charge in [-0.3, -0.25) is 0 Å². The van der Waals surface area contributed by atoms with Crippen molar-refractivity contribution in [1.29, 1.82) is 0 Å². The van der Waals surface area contributed by atoms with Gasteiger partial charge in [-0.05, 0) is 24.5 Å². The predicted molar refractivity (Wildman–Crippen MR) is 66.7 cm³/mol. The molecule has 1 aliphatic carbocycles. The number of carbonyl (C=O) groups is 1. The second kappa shape index (κ2) is 5.36. The summed E-state index contributed by atoms with van der Waals surface area (Å²) in [6.45, 7) is 0.832. The predicted octanol–water partition coefficient (Wildman–Crippen LogP) is 3.04. The van der Waals surface area contributed by atoms with E-state index in [2.05, 4.69) is 10.3 Å². The molecule has 1 fully saturated rings. The highest BCUT2D eigenvalue weighted by Crippen LogP contribution is 2.29. The van der Waals surface area contributed by atoms with Crippen LogP contribution in [0.1, 0.15) is 36.2 Å². The van der Waals surface area contributed by atoms with E-state index >= 15 is 0 Å². The molecular formula is C12H15ClN2O2. The van der Waals surface area contributed by atoms with Crippen LogP contribution in [0.5, 0.6) is 0 Å². The Morgan fingerprint density at radius 3 is 2.88 bits per heavy atom. The topological polar surface area (TPSA) is 62.2 Å². The highest BCUT2D eigenvalue weighted by Gasteiger charge is 2.16. The summed E-state index contributed by atoms with van der Waals surface area (Å²) in [4.78, 5) is 14.8. The van der Waals surface area contributed by atoms with Gasteiger partial charge in [0, 0.05) is 6.54 Å². The highest BCUT2D eigenvalue weighted by molar-refractivity contribution is 6.33. The largest absolute Gasteiger partial charge is 0.476 e. The van der Waals surface area contributed by atoms with Gasteiger partial charge in [-0.15, -0.1) is 0 Å². The number of rotatable bonds is 5. The molecule has 92 valence electrons. The van der Waals surface area contributed by atoms with Gasteiger partial charge in [0.2, 0.25) is 0 Å². The normalized spacial score (nSPS) is 15.4. The third-order valence-electron chi connectivity index (χ3n) is 3.13. The Balaban J connectivity index is 1.91. The average Bonchev–Trinajstić information content (AvgIpc) is 2.23. The van der Waals surface area contributed by atoms with E-state index in [-0.39, 0.29) is 10.7 Å². The van der Waals surface area contributed by atoms with Crippen molar-refractivity contribution in [2.24, 2.45) is 5.92 Å². The first kappa shape index (κ1) is 12.2.